The Morgan fingerprint density at radius 2 is 0.517 bits per heavy atom. The van der Waals surface area contributed by atoms with Crippen molar-refractivity contribution in [2.75, 3.05) is 0 Å². The lowest BCUT2D eigenvalue weighted by atomic mass is 9.72. The summed E-state index contributed by atoms with van der Waals surface area (Å²) >= 11 is 0. The number of rotatable bonds is 6. The fraction of sp³-hybridized carbons (Fsp3) is 0.0769. The summed E-state index contributed by atoms with van der Waals surface area (Å²) in [6.45, 7) is 7.68. The van der Waals surface area contributed by atoms with Gasteiger partial charge in [-0.25, -0.2) is 0 Å². The van der Waals surface area contributed by atoms with Crippen LogP contribution in [0.15, 0.2) is 121 Å². The Hall–Kier alpha value is -8.52. The number of aryl methyl sites for hydroxylation is 4. The summed E-state index contributed by atoms with van der Waals surface area (Å²) < 4.78 is 0. The van der Waals surface area contributed by atoms with E-state index in [0.29, 0.717) is 100 Å². The normalized spacial score (nSPS) is 10.3. The SMILES string of the molecule is Cc1ccc(-c2c(-c3ccc(C#N)cc3)c(-c3ccc(C)cc3C#N)c(-c3ccc(C)cc3C#N)c(-c3ccc(C#N)cc3)c2-c2ccc(C)cc2C#N)c(C#N)c1. The number of hydrogen-bond acceptors (Lipinski definition) is 6. The molecule has 0 N–H and O–H groups in total. The van der Waals surface area contributed by atoms with Crippen molar-refractivity contribution in [2.45, 2.75) is 27.7 Å². The second-order valence-electron chi connectivity index (χ2n) is 14.3. The summed E-state index contributed by atoms with van der Waals surface area (Å²) in [6, 6.07) is 51.3. The van der Waals surface area contributed by atoms with Crippen molar-refractivity contribution in [1.82, 2.24) is 0 Å². The minimum absolute atomic E-state index is 0.392. The Bertz CT molecular complexity index is 2730. The van der Waals surface area contributed by atoms with E-state index in [2.05, 4.69) is 36.4 Å². The van der Waals surface area contributed by atoms with Crippen molar-refractivity contribution < 1.29 is 0 Å². The standard InChI is InChI=1S/C52H32N6/c1-31-5-17-43(39(21-31)27-55)49-47(37-13-9-35(25-53)10-14-37)51(45-19-7-33(3)23-41(45)29-57)52(46-20-8-34(4)24-42(46)30-58)48(38-15-11-36(26-54)12-16-38)50(49)44-18-6-32(2)22-40(44)28-56/h5-24H,1-4H3. The molecule has 0 atom stereocenters. The maximum atomic E-state index is 10.9. The smallest absolute Gasteiger partial charge is 0.0998 e. The van der Waals surface area contributed by atoms with Gasteiger partial charge in [0.25, 0.3) is 0 Å². The topological polar surface area (TPSA) is 143 Å². The van der Waals surface area contributed by atoms with E-state index >= 15 is 0 Å². The molecule has 0 spiro atoms. The van der Waals surface area contributed by atoms with E-state index in [9.17, 15) is 31.6 Å². The van der Waals surface area contributed by atoms with E-state index in [4.69, 9.17) is 0 Å². The number of nitriles is 6. The van der Waals surface area contributed by atoms with Crippen LogP contribution in [0.25, 0.3) is 66.8 Å². The second kappa shape index (κ2) is 15.7. The van der Waals surface area contributed by atoms with Crippen molar-refractivity contribution in [2.24, 2.45) is 0 Å². The van der Waals surface area contributed by atoms with Crippen LogP contribution in [-0.2, 0) is 0 Å². The molecule has 0 unspecified atom stereocenters. The van der Waals surface area contributed by atoms with Crippen molar-refractivity contribution in [1.29, 1.82) is 31.6 Å². The van der Waals surface area contributed by atoms with Crippen molar-refractivity contribution >= 4 is 0 Å². The molecule has 0 aliphatic carbocycles. The number of nitrogens with zero attached hydrogens (tertiary/aromatic N) is 6. The molecule has 0 saturated carbocycles. The molecule has 6 heteroatoms. The molecule has 7 rings (SSSR count). The molecular formula is C52H32N6. The molecule has 0 saturated heterocycles. The molecule has 0 amide bonds. The molecule has 0 bridgehead atoms. The summed E-state index contributed by atoms with van der Waals surface area (Å²) in [5.41, 5.74) is 13.4. The summed E-state index contributed by atoms with van der Waals surface area (Å²) in [5, 5.41) is 63.2. The molecule has 7 aromatic carbocycles. The van der Waals surface area contributed by atoms with Gasteiger partial charge in [0.15, 0.2) is 0 Å². The van der Waals surface area contributed by atoms with Crippen molar-refractivity contribution in [3.8, 4) is 103 Å². The zero-order valence-electron chi connectivity index (χ0n) is 32.2. The highest BCUT2D eigenvalue weighted by molar-refractivity contribution is 6.16. The van der Waals surface area contributed by atoms with Crippen LogP contribution >= 0.6 is 0 Å². The molecule has 0 aliphatic rings. The van der Waals surface area contributed by atoms with Gasteiger partial charge in [-0.15, -0.1) is 0 Å². The molecule has 0 heterocycles. The minimum atomic E-state index is 0.392. The van der Waals surface area contributed by atoms with Gasteiger partial charge in [-0.05, 0) is 143 Å². The van der Waals surface area contributed by atoms with E-state index in [1.807, 2.05) is 125 Å². The van der Waals surface area contributed by atoms with Crippen molar-refractivity contribution in [3.63, 3.8) is 0 Å². The molecular weight excluding hydrogens is 709 g/mol. The van der Waals surface area contributed by atoms with Crippen LogP contribution in [0.5, 0.6) is 0 Å². The molecule has 0 radical (unpaired) electrons. The Morgan fingerprint density at radius 1 is 0.276 bits per heavy atom. The molecule has 0 aliphatic heterocycles. The second-order valence-corrected chi connectivity index (χ2v) is 14.3. The highest BCUT2D eigenvalue weighted by atomic mass is 14.4. The predicted molar refractivity (Wildman–Crippen MR) is 226 cm³/mol. The molecule has 0 aromatic heterocycles. The quantitative estimate of drug-likeness (QED) is 0.166. The van der Waals surface area contributed by atoms with Gasteiger partial charge in [0.2, 0.25) is 0 Å². The van der Waals surface area contributed by atoms with E-state index in [0.717, 1.165) is 22.3 Å². The lowest BCUT2D eigenvalue weighted by molar-refractivity contribution is 1.39. The van der Waals surface area contributed by atoms with Gasteiger partial charge in [0, 0.05) is 22.3 Å². The zero-order valence-corrected chi connectivity index (χ0v) is 32.2. The Labute approximate surface area is 338 Å². The van der Waals surface area contributed by atoms with Crippen LogP contribution in [0.2, 0.25) is 0 Å². The maximum Gasteiger partial charge on any atom is 0.0998 e. The van der Waals surface area contributed by atoms with Gasteiger partial charge >= 0.3 is 0 Å². The van der Waals surface area contributed by atoms with Gasteiger partial charge in [0.1, 0.15) is 0 Å². The lowest BCUT2D eigenvalue weighted by Gasteiger charge is -2.30. The third-order valence-electron chi connectivity index (χ3n) is 10.4. The van der Waals surface area contributed by atoms with Crippen LogP contribution in [-0.4, -0.2) is 0 Å². The summed E-state index contributed by atoms with van der Waals surface area (Å²) in [6.07, 6.45) is 0. The van der Waals surface area contributed by atoms with Crippen LogP contribution in [0.4, 0.5) is 0 Å². The monoisotopic (exact) mass is 740 g/mol. The average Bonchev–Trinajstić information content (AvgIpc) is 3.25. The first kappa shape index (κ1) is 37.8. The number of benzene rings is 7. The first-order valence-electron chi connectivity index (χ1n) is 18.4. The third-order valence-corrected chi connectivity index (χ3v) is 10.4. The van der Waals surface area contributed by atoms with E-state index in [1.54, 1.807) is 24.3 Å². The van der Waals surface area contributed by atoms with Gasteiger partial charge in [-0.2, -0.15) is 31.6 Å². The first-order valence-corrected chi connectivity index (χ1v) is 18.4. The summed E-state index contributed by atoms with van der Waals surface area (Å²) in [5.74, 6) is 0. The van der Waals surface area contributed by atoms with Crippen molar-refractivity contribution in [3.05, 3.63) is 177 Å². The van der Waals surface area contributed by atoms with Crippen LogP contribution in [0, 0.1) is 95.7 Å². The fourth-order valence-corrected chi connectivity index (χ4v) is 7.70. The molecule has 6 nitrogen and oxygen atoms in total. The van der Waals surface area contributed by atoms with Crippen LogP contribution in [0.1, 0.15) is 55.6 Å². The zero-order chi connectivity index (χ0) is 41.1. The molecule has 58 heavy (non-hydrogen) atoms. The Kier molecular flexibility index (Phi) is 10.2. The van der Waals surface area contributed by atoms with Gasteiger partial charge in [0.05, 0.1) is 69.8 Å². The minimum Gasteiger partial charge on any atom is -0.192 e. The highest BCUT2D eigenvalue weighted by Gasteiger charge is 2.32. The molecule has 0 fully saturated rings. The lowest BCUT2D eigenvalue weighted by Crippen LogP contribution is -2.05. The third kappa shape index (κ3) is 6.73. The Morgan fingerprint density at radius 3 is 0.724 bits per heavy atom. The van der Waals surface area contributed by atoms with E-state index in [-0.39, 0.29) is 0 Å². The van der Waals surface area contributed by atoms with Gasteiger partial charge < -0.3 is 0 Å². The van der Waals surface area contributed by atoms with Gasteiger partial charge in [-0.1, -0.05) is 72.8 Å². The van der Waals surface area contributed by atoms with E-state index < -0.39 is 0 Å². The van der Waals surface area contributed by atoms with E-state index in [1.165, 1.54) is 0 Å². The first-order chi connectivity index (χ1) is 28.1. The number of hydrogen-bond donors (Lipinski definition) is 0. The summed E-state index contributed by atoms with van der Waals surface area (Å²) in [4.78, 5) is 0. The van der Waals surface area contributed by atoms with Crippen LogP contribution in [0.3, 0.4) is 0 Å². The molecule has 7 aromatic rings. The van der Waals surface area contributed by atoms with Crippen LogP contribution < -0.4 is 0 Å². The van der Waals surface area contributed by atoms with Gasteiger partial charge in [-0.3, -0.25) is 0 Å². The predicted octanol–water partition coefficient (Wildman–Crippen LogP) is 12.2. The highest BCUT2D eigenvalue weighted by Crippen LogP contribution is 2.57. The Balaban J connectivity index is 1.95. The maximum absolute atomic E-state index is 10.9. The fourth-order valence-electron chi connectivity index (χ4n) is 7.70. The molecule has 270 valence electrons. The largest absolute Gasteiger partial charge is 0.192 e. The average molecular weight is 741 g/mol. The summed E-state index contributed by atoms with van der Waals surface area (Å²) in [7, 11) is 0.